The van der Waals surface area contributed by atoms with Crippen LogP contribution in [0.3, 0.4) is 0 Å². The Bertz CT molecular complexity index is 251. The minimum absolute atomic E-state index is 0.0272. The summed E-state index contributed by atoms with van der Waals surface area (Å²) in [4.78, 5) is 12.2. The van der Waals surface area contributed by atoms with Crippen molar-refractivity contribution in [1.29, 1.82) is 0 Å². The fourth-order valence-corrected chi connectivity index (χ4v) is 2.91. The standard InChI is InChI=1S/C13H25N3O/c14-12-8-4-1-3-7-11(12)13(17)15-16-9-5-2-6-10-16/h11-12H,1-10,14H2,(H,15,17). The Balaban J connectivity index is 1.84. The van der Waals surface area contributed by atoms with Crippen LogP contribution in [0.5, 0.6) is 0 Å². The zero-order valence-corrected chi connectivity index (χ0v) is 10.7. The van der Waals surface area contributed by atoms with Crippen LogP contribution in [0.1, 0.15) is 51.4 Å². The van der Waals surface area contributed by atoms with Crippen molar-refractivity contribution in [3.8, 4) is 0 Å². The maximum Gasteiger partial charge on any atom is 0.238 e. The molecule has 0 bridgehead atoms. The predicted molar refractivity (Wildman–Crippen MR) is 68.1 cm³/mol. The van der Waals surface area contributed by atoms with Gasteiger partial charge in [-0.05, 0) is 25.7 Å². The molecule has 4 nitrogen and oxygen atoms in total. The molecule has 2 unspecified atom stereocenters. The topological polar surface area (TPSA) is 58.4 Å². The Kier molecular flexibility index (Phi) is 4.80. The van der Waals surface area contributed by atoms with Gasteiger partial charge in [-0.25, -0.2) is 5.01 Å². The van der Waals surface area contributed by atoms with Crippen LogP contribution in [0.2, 0.25) is 0 Å². The van der Waals surface area contributed by atoms with Crippen LogP contribution in [-0.2, 0) is 4.79 Å². The summed E-state index contributed by atoms with van der Waals surface area (Å²) in [5, 5.41) is 2.07. The summed E-state index contributed by atoms with van der Waals surface area (Å²) in [6.07, 6.45) is 9.17. The molecule has 1 heterocycles. The number of hydrogen-bond acceptors (Lipinski definition) is 3. The smallest absolute Gasteiger partial charge is 0.238 e. The van der Waals surface area contributed by atoms with Crippen molar-refractivity contribution in [3.05, 3.63) is 0 Å². The lowest BCUT2D eigenvalue weighted by Gasteiger charge is -2.30. The third-order valence-electron chi connectivity index (χ3n) is 4.03. The Hall–Kier alpha value is -0.610. The van der Waals surface area contributed by atoms with Gasteiger partial charge < -0.3 is 5.73 Å². The number of nitrogens with one attached hydrogen (secondary N) is 1. The van der Waals surface area contributed by atoms with E-state index in [0.717, 1.165) is 32.4 Å². The molecule has 1 aliphatic heterocycles. The third-order valence-corrected chi connectivity index (χ3v) is 4.03. The molecule has 2 atom stereocenters. The molecule has 17 heavy (non-hydrogen) atoms. The molecule has 2 aliphatic rings. The van der Waals surface area contributed by atoms with E-state index >= 15 is 0 Å². The number of carbonyl (C=O) groups excluding carboxylic acids is 1. The Morgan fingerprint density at radius 2 is 1.65 bits per heavy atom. The molecule has 3 N–H and O–H groups in total. The van der Waals surface area contributed by atoms with E-state index in [1.165, 1.54) is 32.1 Å². The van der Waals surface area contributed by atoms with Crippen LogP contribution in [0.4, 0.5) is 0 Å². The monoisotopic (exact) mass is 239 g/mol. The first-order chi connectivity index (χ1) is 8.27. The van der Waals surface area contributed by atoms with Crippen LogP contribution >= 0.6 is 0 Å². The molecular formula is C13H25N3O. The van der Waals surface area contributed by atoms with Gasteiger partial charge in [0.1, 0.15) is 0 Å². The highest BCUT2D eigenvalue weighted by atomic mass is 16.2. The molecule has 1 aliphatic carbocycles. The largest absolute Gasteiger partial charge is 0.327 e. The molecule has 0 aromatic carbocycles. The zero-order valence-electron chi connectivity index (χ0n) is 10.7. The lowest BCUT2D eigenvalue weighted by atomic mass is 9.95. The number of carbonyl (C=O) groups is 1. The highest BCUT2D eigenvalue weighted by molar-refractivity contribution is 5.78. The average Bonchev–Trinajstić information content (AvgIpc) is 2.55. The number of nitrogens with two attached hydrogens (primary N) is 1. The predicted octanol–water partition coefficient (Wildman–Crippen LogP) is 1.41. The van der Waals surface area contributed by atoms with Gasteiger partial charge in [0.15, 0.2) is 0 Å². The van der Waals surface area contributed by atoms with E-state index in [1.54, 1.807) is 0 Å². The Morgan fingerprint density at radius 3 is 2.41 bits per heavy atom. The molecule has 0 radical (unpaired) electrons. The first-order valence-electron chi connectivity index (χ1n) is 7.08. The van der Waals surface area contributed by atoms with Crippen LogP contribution in [0.15, 0.2) is 0 Å². The summed E-state index contributed by atoms with van der Waals surface area (Å²) in [5.41, 5.74) is 9.17. The molecule has 1 saturated heterocycles. The van der Waals surface area contributed by atoms with Crippen molar-refractivity contribution < 1.29 is 4.79 Å². The summed E-state index contributed by atoms with van der Waals surface area (Å²) in [7, 11) is 0. The molecule has 0 aromatic heterocycles. The molecule has 1 amide bonds. The van der Waals surface area contributed by atoms with Gasteiger partial charge in [-0.1, -0.05) is 25.7 Å². The Labute approximate surface area is 104 Å². The highest BCUT2D eigenvalue weighted by Crippen LogP contribution is 2.22. The summed E-state index contributed by atoms with van der Waals surface area (Å²) < 4.78 is 0. The molecule has 0 aromatic rings. The summed E-state index contributed by atoms with van der Waals surface area (Å²) in [6.45, 7) is 1.99. The fourth-order valence-electron chi connectivity index (χ4n) is 2.91. The van der Waals surface area contributed by atoms with Crippen molar-refractivity contribution in [2.75, 3.05) is 13.1 Å². The van der Waals surface area contributed by atoms with Gasteiger partial charge in [0.25, 0.3) is 0 Å². The van der Waals surface area contributed by atoms with Gasteiger partial charge in [0.2, 0.25) is 5.91 Å². The fraction of sp³-hybridized carbons (Fsp3) is 0.923. The van der Waals surface area contributed by atoms with Crippen LogP contribution < -0.4 is 11.2 Å². The average molecular weight is 239 g/mol. The van der Waals surface area contributed by atoms with Gasteiger partial charge in [0, 0.05) is 19.1 Å². The molecule has 1 saturated carbocycles. The number of nitrogens with zero attached hydrogens (tertiary/aromatic N) is 1. The van der Waals surface area contributed by atoms with E-state index in [0.29, 0.717) is 0 Å². The van der Waals surface area contributed by atoms with Crippen molar-refractivity contribution in [2.45, 2.75) is 57.4 Å². The quantitative estimate of drug-likeness (QED) is 0.716. The molecule has 2 fully saturated rings. The second-order valence-electron chi connectivity index (χ2n) is 5.43. The summed E-state index contributed by atoms with van der Waals surface area (Å²) >= 11 is 0. The molecule has 0 spiro atoms. The maximum atomic E-state index is 12.2. The van der Waals surface area contributed by atoms with E-state index in [2.05, 4.69) is 10.4 Å². The second-order valence-corrected chi connectivity index (χ2v) is 5.43. The number of piperidine rings is 1. The first kappa shape index (κ1) is 12.8. The van der Waals surface area contributed by atoms with Gasteiger partial charge >= 0.3 is 0 Å². The molecule has 2 rings (SSSR count). The van der Waals surface area contributed by atoms with Gasteiger partial charge in [-0.3, -0.25) is 10.2 Å². The maximum absolute atomic E-state index is 12.2. The summed E-state index contributed by atoms with van der Waals surface area (Å²) in [5.74, 6) is 0.181. The van der Waals surface area contributed by atoms with Gasteiger partial charge in [-0.15, -0.1) is 0 Å². The lowest BCUT2D eigenvalue weighted by Crippen LogP contribution is -2.50. The lowest BCUT2D eigenvalue weighted by molar-refractivity contribution is -0.131. The minimum Gasteiger partial charge on any atom is -0.327 e. The highest BCUT2D eigenvalue weighted by Gasteiger charge is 2.28. The van der Waals surface area contributed by atoms with E-state index in [-0.39, 0.29) is 17.9 Å². The van der Waals surface area contributed by atoms with Crippen LogP contribution in [0, 0.1) is 5.92 Å². The minimum atomic E-state index is 0.0272. The number of hydrogen-bond donors (Lipinski definition) is 2. The number of amides is 1. The van der Waals surface area contributed by atoms with E-state index in [4.69, 9.17) is 5.73 Å². The van der Waals surface area contributed by atoms with Crippen LogP contribution in [-0.4, -0.2) is 30.0 Å². The third kappa shape index (κ3) is 3.68. The van der Waals surface area contributed by atoms with E-state index in [1.807, 2.05) is 0 Å². The van der Waals surface area contributed by atoms with Gasteiger partial charge in [-0.2, -0.15) is 0 Å². The number of hydrazine groups is 1. The molecule has 4 heteroatoms. The van der Waals surface area contributed by atoms with Crippen molar-refractivity contribution in [3.63, 3.8) is 0 Å². The van der Waals surface area contributed by atoms with Crippen molar-refractivity contribution >= 4 is 5.91 Å². The number of rotatable bonds is 2. The Morgan fingerprint density at radius 1 is 1.00 bits per heavy atom. The van der Waals surface area contributed by atoms with Crippen molar-refractivity contribution in [1.82, 2.24) is 10.4 Å². The SMILES string of the molecule is NC1CCCCCC1C(=O)NN1CCCCC1. The second kappa shape index (κ2) is 6.36. The summed E-state index contributed by atoms with van der Waals surface area (Å²) in [6, 6.07) is 0.0577. The van der Waals surface area contributed by atoms with Crippen LogP contribution in [0.25, 0.3) is 0 Å². The van der Waals surface area contributed by atoms with E-state index in [9.17, 15) is 4.79 Å². The van der Waals surface area contributed by atoms with E-state index < -0.39 is 0 Å². The van der Waals surface area contributed by atoms with Gasteiger partial charge in [0.05, 0.1) is 5.92 Å². The van der Waals surface area contributed by atoms with Crippen molar-refractivity contribution in [2.24, 2.45) is 11.7 Å². The first-order valence-corrected chi connectivity index (χ1v) is 7.08. The zero-order chi connectivity index (χ0) is 12.1. The molecule has 98 valence electrons. The molecular weight excluding hydrogens is 214 g/mol. The normalized spacial score (nSPS) is 31.8.